The van der Waals surface area contributed by atoms with Crippen LogP contribution in [0, 0.1) is 19.8 Å². The van der Waals surface area contributed by atoms with Crippen LogP contribution in [0.3, 0.4) is 0 Å². The van der Waals surface area contributed by atoms with Gasteiger partial charge in [0, 0.05) is 30.5 Å². The van der Waals surface area contributed by atoms with Gasteiger partial charge in [-0.2, -0.15) is 0 Å². The number of pyridine rings is 1. The lowest BCUT2D eigenvalue weighted by molar-refractivity contribution is 0.174. The van der Waals surface area contributed by atoms with Crippen LogP contribution in [0.4, 0.5) is 0 Å². The number of aromatic nitrogens is 4. The second kappa shape index (κ2) is 10.2. The van der Waals surface area contributed by atoms with E-state index in [-0.39, 0.29) is 6.04 Å². The van der Waals surface area contributed by atoms with Crippen LogP contribution in [-0.2, 0) is 11.3 Å². The summed E-state index contributed by atoms with van der Waals surface area (Å²) in [6, 6.07) is 14.8. The summed E-state index contributed by atoms with van der Waals surface area (Å²) in [6.45, 7) is 9.16. The molecule has 38 heavy (non-hydrogen) atoms. The number of benzene rings is 2. The first-order valence-corrected chi connectivity index (χ1v) is 13.2. The zero-order valence-corrected chi connectivity index (χ0v) is 22.3. The number of nitrogens with zero attached hydrogens (tertiary/aromatic N) is 4. The number of rotatable bonds is 8. The zero-order chi connectivity index (χ0) is 26.2. The number of methoxy groups -OCH3 is 1. The molecule has 1 aliphatic rings. The van der Waals surface area contributed by atoms with E-state index in [0.717, 1.165) is 75.6 Å². The Bertz CT molecular complexity index is 1570. The zero-order valence-electron chi connectivity index (χ0n) is 22.3. The molecule has 0 amide bonds. The van der Waals surface area contributed by atoms with E-state index in [1.165, 1.54) is 5.56 Å². The number of fused-ring (bicyclic) bond motifs is 3. The predicted octanol–water partition coefficient (Wildman–Crippen LogP) is 5.60. The molecule has 0 spiro atoms. The van der Waals surface area contributed by atoms with Gasteiger partial charge in [-0.1, -0.05) is 35.5 Å². The Labute approximate surface area is 222 Å². The quantitative estimate of drug-likeness (QED) is 0.290. The van der Waals surface area contributed by atoms with Gasteiger partial charge in [-0.05, 0) is 51.4 Å². The fraction of sp³-hybridized carbons (Fsp3) is 0.367. The largest absolute Gasteiger partial charge is 0.493 e. The summed E-state index contributed by atoms with van der Waals surface area (Å²) in [5.41, 5.74) is 6.67. The summed E-state index contributed by atoms with van der Waals surface area (Å²) in [5.74, 6) is 2.92. The molecule has 0 radical (unpaired) electrons. The van der Waals surface area contributed by atoms with Crippen molar-refractivity contribution >= 4 is 21.9 Å². The molecule has 4 heterocycles. The molecular formula is C30H33N5O3. The first-order chi connectivity index (χ1) is 18.5. The first kappa shape index (κ1) is 24.6. The van der Waals surface area contributed by atoms with Crippen molar-refractivity contribution in [1.29, 1.82) is 0 Å². The fourth-order valence-corrected chi connectivity index (χ4v) is 5.63. The van der Waals surface area contributed by atoms with Gasteiger partial charge >= 0.3 is 0 Å². The molecule has 1 fully saturated rings. The van der Waals surface area contributed by atoms with Gasteiger partial charge in [0.2, 0.25) is 0 Å². The van der Waals surface area contributed by atoms with Crippen LogP contribution in [0.15, 0.2) is 53.2 Å². The molecule has 2 aromatic carbocycles. The Hall–Kier alpha value is -3.75. The highest BCUT2D eigenvalue weighted by atomic mass is 16.5. The van der Waals surface area contributed by atoms with Crippen molar-refractivity contribution in [2.24, 2.45) is 5.92 Å². The summed E-state index contributed by atoms with van der Waals surface area (Å²) < 4.78 is 19.9. The van der Waals surface area contributed by atoms with Crippen LogP contribution in [0.2, 0.25) is 0 Å². The average Bonchev–Trinajstić information content (AvgIpc) is 3.66. The molecule has 1 N–H and O–H groups in total. The molecule has 8 nitrogen and oxygen atoms in total. The van der Waals surface area contributed by atoms with E-state index in [4.69, 9.17) is 24.0 Å². The molecule has 6 rings (SSSR count). The number of aryl methyl sites for hydroxylation is 2. The van der Waals surface area contributed by atoms with Crippen molar-refractivity contribution in [2.75, 3.05) is 26.8 Å². The van der Waals surface area contributed by atoms with Crippen LogP contribution >= 0.6 is 0 Å². The number of hydrogen-bond donors (Lipinski definition) is 1. The number of hydrogen-bond acceptors (Lipinski definition) is 7. The predicted molar refractivity (Wildman–Crippen MR) is 147 cm³/mol. The van der Waals surface area contributed by atoms with Crippen molar-refractivity contribution in [2.45, 2.75) is 39.8 Å². The van der Waals surface area contributed by atoms with Crippen LogP contribution in [0.25, 0.3) is 33.1 Å². The summed E-state index contributed by atoms with van der Waals surface area (Å²) in [4.78, 5) is 9.77. The van der Waals surface area contributed by atoms with Crippen LogP contribution in [-0.4, -0.2) is 46.5 Å². The minimum atomic E-state index is 0.0492. The number of imidazole rings is 1. The molecule has 2 atom stereocenters. The highest BCUT2D eigenvalue weighted by Gasteiger charge is 2.24. The van der Waals surface area contributed by atoms with Crippen molar-refractivity contribution < 1.29 is 14.0 Å². The maximum absolute atomic E-state index is 6.56. The Kier molecular flexibility index (Phi) is 6.59. The van der Waals surface area contributed by atoms with E-state index in [1.54, 1.807) is 7.11 Å². The number of ether oxygens (including phenoxy) is 2. The van der Waals surface area contributed by atoms with E-state index in [1.807, 2.05) is 26.1 Å². The van der Waals surface area contributed by atoms with Crippen LogP contribution in [0.1, 0.15) is 42.2 Å². The summed E-state index contributed by atoms with van der Waals surface area (Å²) in [7, 11) is 1.70. The molecule has 8 heteroatoms. The second-order valence-electron chi connectivity index (χ2n) is 10.1. The van der Waals surface area contributed by atoms with Gasteiger partial charge < -0.3 is 23.9 Å². The molecular weight excluding hydrogens is 478 g/mol. The Morgan fingerprint density at radius 2 is 2.00 bits per heavy atom. The molecule has 5 aromatic rings. The molecule has 1 saturated heterocycles. The van der Waals surface area contributed by atoms with Gasteiger partial charge in [0.25, 0.3) is 0 Å². The smallest absolute Gasteiger partial charge is 0.141 e. The van der Waals surface area contributed by atoms with Gasteiger partial charge in [-0.25, -0.2) is 4.98 Å². The van der Waals surface area contributed by atoms with Crippen molar-refractivity contribution in [3.63, 3.8) is 0 Å². The van der Waals surface area contributed by atoms with Crippen LogP contribution in [0.5, 0.6) is 5.75 Å². The Morgan fingerprint density at radius 3 is 2.71 bits per heavy atom. The van der Waals surface area contributed by atoms with Gasteiger partial charge in [-0.15, -0.1) is 0 Å². The molecule has 3 aromatic heterocycles. The molecule has 0 bridgehead atoms. The maximum atomic E-state index is 6.56. The Morgan fingerprint density at radius 1 is 1.16 bits per heavy atom. The lowest BCUT2D eigenvalue weighted by Crippen LogP contribution is -2.16. The number of nitrogens with one attached hydrogen (secondary N) is 1. The average molecular weight is 512 g/mol. The van der Waals surface area contributed by atoms with Gasteiger partial charge in [0.1, 0.15) is 29.5 Å². The topological polar surface area (TPSA) is 87.2 Å². The molecule has 196 valence electrons. The van der Waals surface area contributed by atoms with Gasteiger partial charge in [-0.3, -0.25) is 4.98 Å². The van der Waals surface area contributed by atoms with E-state index < -0.39 is 0 Å². The second-order valence-corrected chi connectivity index (χ2v) is 10.1. The van der Waals surface area contributed by atoms with E-state index in [0.29, 0.717) is 19.1 Å². The van der Waals surface area contributed by atoms with Crippen molar-refractivity contribution in [1.82, 2.24) is 25.0 Å². The molecule has 2 unspecified atom stereocenters. The monoisotopic (exact) mass is 511 g/mol. The summed E-state index contributed by atoms with van der Waals surface area (Å²) >= 11 is 0. The molecule has 1 aliphatic heterocycles. The summed E-state index contributed by atoms with van der Waals surface area (Å²) in [6.07, 6.45) is 2.97. The third-order valence-electron chi connectivity index (χ3n) is 7.57. The molecule has 0 aliphatic carbocycles. The lowest BCUT2D eigenvalue weighted by atomic mass is 10.00. The Balaban J connectivity index is 1.58. The normalized spacial score (nSPS) is 16.5. The van der Waals surface area contributed by atoms with Crippen LogP contribution < -0.4 is 10.1 Å². The summed E-state index contributed by atoms with van der Waals surface area (Å²) in [5, 5.41) is 8.64. The highest BCUT2D eigenvalue weighted by Crippen LogP contribution is 2.40. The lowest BCUT2D eigenvalue weighted by Gasteiger charge is -2.20. The first-order valence-electron chi connectivity index (χ1n) is 13.2. The van der Waals surface area contributed by atoms with Gasteiger partial charge in [0.15, 0.2) is 0 Å². The minimum absolute atomic E-state index is 0.0492. The highest BCUT2D eigenvalue weighted by molar-refractivity contribution is 6.05. The van der Waals surface area contributed by atoms with E-state index >= 15 is 0 Å². The standard InChI is InChI=1S/C30H33N5O3/c1-18-29(20(3)38-34-18)24-12-25-23(13-27(24)37-16-21-10-11-31-14-21)30-26(15-32-25)33-28(17-36-4)35(30)19(2)22-8-6-5-7-9-22/h5-9,12-13,15,19,21,31H,10-11,14,16-17H2,1-4H3. The van der Waals surface area contributed by atoms with E-state index in [9.17, 15) is 0 Å². The maximum Gasteiger partial charge on any atom is 0.141 e. The van der Waals surface area contributed by atoms with Crippen molar-refractivity contribution in [3.05, 3.63) is 71.5 Å². The fourth-order valence-electron chi connectivity index (χ4n) is 5.63. The van der Waals surface area contributed by atoms with Crippen molar-refractivity contribution in [3.8, 4) is 16.9 Å². The van der Waals surface area contributed by atoms with E-state index in [2.05, 4.69) is 58.4 Å². The third-order valence-corrected chi connectivity index (χ3v) is 7.57. The third kappa shape index (κ3) is 4.33. The van der Waals surface area contributed by atoms with Gasteiger partial charge in [0.05, 0.1) is 41.1 Å². The minimum Gasteiger partial charge on any atom is -0.493 e. The molecule has 0 saturated carbocycles. The SMILES string of the molecule is COCc1nc2cnc3cc(-c4c(C)noc4C)c(OCC4CCNC4)cc3c2n1C(C)c1ccccc1.